The first-order valence-corrected chi connectivity index (χ1v) is 7.46. The van der Waals surface area contributed by atoms with E-state index in [4.69, 9.17) is 0 Å². The standard InChI is InChI=1S/C15H22N4O2/c1-2-16-15(21)13-10-12(6-7-17-13)18-11-14(20)19-8-4-3-5-9-19/h6-7,10H,2-5,8-9,11H2,1H3,(H,16,21)(H,17,18). The van der Waals surface area contributed by atoms with Crippen LogP contribution >= 0.6 is 0 Å². The Bertz CT molecular complexity index is 498. The molecule has 6 heteroatoms. The van der Waals surface area contributed by atoms with Crippen LogP contribution in [-0.2, 0) is 4.79 Å². The van der Waals surface area contributed by atoms with Crippen LogP contribution in [0.1, 0.15) is 36.7 Å². The molecule has 1 aliphatic rings. The van der Waals surface area contributed by atoms with Crippen molar-refractivity contribution in [2.75, 3.05) is 31.5 Å². The van der Waals surface area contributed by atoms with Crippen molar-refractivity contribution in [1.29, 1.82) is 0 Å². The number of nitrogens with one attached hydrogen (secondary N) is 2. The van der Waals surface area contributed by atoms with Crippen LogP contribution in [0, 0.1) is 0 Å². The monoisotopic (exact) mass is 290 g/mol. The van der Waals surface area contributed by atoms with Crippen LogP contribution in [0.5, 0.6) is 0 Å². The Hall–Kier alpha value is -2.11. The molecule has 2 N–H and O–H groups in total. The molecule has 1 aromatic heterocycles. The molecule has 0 aromatic carbocycles. The molecule has 1 aliphatic heterocycles. The summed E-state index contributed by atoms with van der Waals surface area (Å²) in [5.41, 5.74) is 1.09. The highest BCUT2D eigenvalue weighted by Crippen LogP contribution is 2.11. The zero-order valence-electron chi connectivity index (χ0n) is 12.4. The van der Waals surface area contributed by atoms with E-state index in [-0.39, 0.29) is 18.4 Å². The summed E-state index contributed by atoms with van der Waals surface area (Å²) >= 11 is 0. The molecule has 0 radical (unpaired) electrons. The first kappa shape index (κ1) is 15.3. The van der Waals surface area contributed by atoms with Gasteiger partial charge in [0, 0.05) is 31.5 Å². The minimum atomic E-state index is -0.205. The number of piperidine rings is 1. The van der Waals surface area contributed by atoms with Crippen LogP contribution in [0.4, 0.5) is 5.69 Å². The lowest BCUT2D eigenvalue weighted by Crippen LogP contribution is -2.39. The number of hydrogen-bond acceptors (Lipinski definition) is 4. The van der Waals surface area contributed by atoms with Gasteiger partial charge in [0.25, 0.3) is 5.91 Å². The third-order valence-electron chi connectivity index (χ3n) is 3.48. The maximum atomic E-state index is 12.1. The minimum absolute atomic E-state index is 0.103. The van der Waals surface area contributed by atoms with Crippen molar-refractivity contribution in [3.05, 3.63) is 24.0 Å². The van der Waals surface area contributed by atoms with E-state index in [0.29, 0.717) is 12.2 Å². The van der Waals surface area contributed by atoms with Gasteiger partial charge in [0.05, 0.1) is 6.54 Å². The van der Waals surface area contributed by atoms with Crippen LogP contribution in [0.2, 0.25) is 0 Å². The molecule has 114 valence electrons. The lowest BCUT2D eigenvalue weighted by Gasteiger charge is -2.26. The second-order valence-corrected chi connectivity index (χ2v) is 5.08. The van der Waals surface area contributed by atoms with Gasteiger partial charge in [-0.05, 0) is 38.3 Å². The van der Waals surface area contributed by atoms with Gasteiger partial charge < -0.3 is 15.5 Å². The Kier molecular flexibility index (Phi) is 5.54. The highest BCUT2D eigenvalue weighted by Gasteiger charge is 2.16. The highest BCUT2D eigenvalue weighted by atomic mass is 16.2. The molecule has 1 fully saturated rings. The van der Waals surface area contributed by atoms with E-state index in [2.05, 4.69) is 15.6 Å². The fraction of sp³-hybridized carbons (Fsp3) is 0.533. The first-order valence-electron chi connectivity index (χ1n) is 7.46. The van der Waals surface area contributed by atoms with Crippen LogP contribution in [0.25, 0.3) is 0 Å². The molecule has 0 spiro atoms. The Morgan fingerprint density at radius 3 is 2.76 bits per heavy atom. The largest absolute Gasteiger partial charge is 0.376 e. The van der Waals surface area contributed by atoms with E-state index in [1.54, 1.807) is 18.3 Å². The quantitative estimate of drug-likeness (QED) is 0.856. The van der Waals surface area contributed by atoms with Gasteiger partial charge in [0.15, 0.2) is 0 Å². The molecule has 2 rings (SSSR count). The van der Waals surface area contributed by atoms with Crippen molar-refractivity contribution in [2.24, 2.45) is 0 Å². The van der Waals surface area contributed by atoms with Crippen LogP contribution in [-0.4, -0.2) is 47.9 Å². The minimum Gasteiger partial charge on any atom is -0.376 e. The topological polar surface area (TPSA) is 74.3 Å². The van der Waals surface area contributed by atoms with Crippen LogP contribution in [0.3, 0.4) is 0 Å². The fourth-order valence-corrected chi connectivity index (χ4v) is 2.35. The first-order chi connectivity index (χ1) is 10.2. The van der Waals surface area contributed by atoms with Crippen molar-refractivity contribution >= 4 is 17.5 Å². The van der Waals surface area contributed by atoms with Crippen molar-refractivity contribution in [3.8, 4) is 0 Å². The predicted octanol–water partition coefficient (Wildman–Crippen LogP) is 1.26. The average molecular weight is 290 g/mol. The van der Waals surface area contributed by atoms with Gasteiger partial charge in [0.1, 0.15) is 5.69 Å². The molecule has 2 heterocycles. The molecular formula is C15H22N4O2. The van der Waals surface area contributed by atoms with Crippen molar-refractivity contribution in [1.82, 2.24) is 15.2 Å². The summed E-state index contributed by atoms with van der Waals surface area (Å²) in [6.07, 6.45) is 4.94. The van der Waals surface area contributed by atoms with Gasteiger partial charge >= 0.3 is 0 Å². The van der Waals surface area contributed by atoms with Gasteiger partial charge in [-0.25, -0.2) is 0 Å². The van der Waals surface area contributed by atoms with Gasteiger partial charge in [-0.3, -0.25) is 14.6 Å². The molecule has 2 amide bonds. The smallest absolute Gasteiger partial charge is 0.269 e. The molecule has 0 bridgehead atoms. The summed E-state index contributed by atoms with van der Waals surface area (Å²) < 4.78 is 0. The van der Waals surface area contributed by atoms with E-state index in [1.165, 1.54) is 6.42 Å². The number of amides is 2. The van der Waals surface area contributed by atoms with Gasteiger partial charge in [0.2, 0.25) is 5.91 Å². The molecule has 1 aromatic rings. The van der Waals surface area contributed by atoms with Gasteiger partial charge in [-0.2, -0.15) is 0 Å². The second-order valence-electron chi connectivity index (χ2n) is 5.08. The maximum absolute atomic E-state index is 12.1. The molecule has 0 aliphatic carbocycles. The predicted molar refractivity (Wildman–Crippen MR) is 81.2 cm³/mol. The summed E-state index contributed by atoms with van der Waals surface area (Å²) in [6.45, 7) is 4.36. The number of aromatic nitrogens is 1. The lowest BCUT2D eigenvalue weighted by atomic mass is 10.1. The zero-order valence-corrected chi connectivity index (χ0v) is 12.4. The van der Waals surface area contributed by atoms with E-state index >= 15 is 0 Å². The van der Waals surface area contributed by atoms with Crippen LogP contribution in [0.15, 0.2) is 18.3 Å². The van der Waals surface area contributed by atoms with Gasteiger partial charge in [-0.1, -0.05) is 0 Å². The van der Waals surface area contributed by atoms with E-state index < -0.39 is 0 Å². The van der Waals surface area contributed by atoms with E-state index in [9.17, 15) is 9.59 Å². The Balaban J connectivity index is 1.89. The highest BCUT2D eigenvalue weighted by molar-refractivity contribution is 5.93. The fourth-order valence-electron chi connectivity index (χ4n) is 2.35. The van der Waals surface area contributed by atoms with Gasteiger partial charge in [-0.15, -0.1) is 0 Å². The number of pyridine rings is 1. The average Bonchev–Trinajstić information content (AvgIpc) is 2.54. The molecule has 6 nitrogen and oxygen atoms in total. The number of nitrogens with zero attached hydrogens (tertiary/aromatic N) is 2. The SMILES string of the molecule is CCNC(=O)c1cc(NCC(=O)N2CCCCC2)ccn1. The molecular weight excluding hydrogens is 268 g/mol. The summed E-state index contributed by atoms with van der Waals surface area (Å²) in [4.78, 5) is 29.7. The van der Waals surface area contributed by atoms with E-state index in [1.807, 2.05) is 11.8 Å². The van der Waals surface area contributed by atoms with Crippen LogP contribution < -0.4 is 10.6 Å². The summed E-state index contributed by atoms with van der Waals surface area (Å²) in [5.74, 6) is -0.102. The summed E-state index contributed by atoms with van der Waals surface area (Å²) in [6, 6.07) is 3.42. The molecule has 21 heavy (non-hydrogen) atoms. The Morgan fingerprint density at radius 2 is 2.05 bits per heavy atom. The van der Waals surface area contributed by atoms with Crippen molar-refractivity contribution < 1.29 is 9.59 Å². The number of anilines is 1. The van der Waals surface area contributed by atoms with E-state index in [0.717, 1.165) is 31.6 Å². The molecule has 0 saturated carbocycles. The molecule has 0 unspecified atom stereocenters. The van der Waals surface area contributed by atoms with Crippen molar-refractivity contribution in [2.45, 2.75) is 26.2 Å². The third-order valence-corrected chi connectivity index (χ3v) is 3.48. The number of carbonyl (C=O) groups excluding carboxylic acids is 2. The number of rotatable bonds is 5. The number of likely N-dealkylation sites (tertiary alicyclic amines) is 1. The number of hydrogen-bond donors (Lipinski definition) is 2. The molecule has 1 saturated heterocycles. The Labute approximate surface area is 124 Å². The lowest BCUT2D eigenvalue weighted by molar-refractivity contribution is -0.130. The summed E-state index contributed by atoms with van der Waals surface area (Å²) in [7, 11) is 0. The zero-order chi connectivity index (χ0) is 15.1. The second kappa shape index (κ2) is 7.61. The normalized spacial score (nSPS) is 14.6. The maximum Gasteiger partial charge on any atom is 0.269 e. The Morgan fingerprint density at radius 1 is 1.29 bits per heavy atom. The van der Waals surface area contributed by atoms with Crippen molar-refractivity contribution in [3.63, 3.8) is 0 Å². The molecule has 0 atom stereocenters. The third kappa shape index (κ3) is 4.44. The number of carbonyl (C=O) groups is 2. The summed E-state index contributed by atoms with van der Waals surface area (Å²) in [5, 5.41) is 5.77.